The lowest BCUT2D eigenvalue weighted by atomic mass is 9.51. The minimum atomic E-state index is 0.452. The molecule has 0 bridgehead atoms. The third-order valence-electron chi connectivity index (χ3n) is 5.01. The second-order valence-corrected chi connectivity index (χ2v) is 6.17. The summed E-state index contributed by atoms with van der Waals surface area (Å²) in [6.45, 7) is 5.20. The quantitative estimate of drug-likeness (QED) is 0.856. The molecule has 3 rings (SSSR count). The minimum Gasteiger partial charge on any atom is -0.469 e. The van der Waals surface area contributed by atoms with Crippen molar-refractivity contribution in [1.82, 2.24) is 5.32 Å². The van der Waals surface area contributed by atoms with Crippen LogP contribution < -0.4 is 5.32 Å². The number of ether oxygens (including phenoxy) is 1. The average Bonchev–Trinajstić information content (AvgIpc) is 2.78. The lowest BCUT2D eigenvalue weighted by Gasteiger charge is -2.61. The summed E-state index contributed by atoms with van der Waals surface area (Å²) >= 11 is 0. The fraction of sp³-hybridized carbons (Fsp3) is 0.750. The molecule has 1 spiro atoms. The fourth-order valence-corrected chi connectivity index (χ4v) is 3.80. The molecule has 106 valence electrons. The lowest BCUT2D eigenvalue weighted by Crippen LogP contribution is -2.68. The van der Waals surface area contributed by atoms with Gasteiger partial charge in [0, 0.05) is 30.5 Å². The third-order valence-corrected chi connectivity index (χ3v) is 5.01. The Kier molecular flexibility index (Phi) is 3.68. The highest BCUT2D eigenvalue weighted by Gasteiger charge is 2.58. The maximum Gasteiger partial charge on any atom is 0.105 e. The Hall–Kier alpha value is -0.800. The van der Waals surface area contributed by atoms with E-state index in [4.69, 9.17) is 9.15 Å². The van der Waals surface area contributed by atoms with Gasteiger partial charge in [-0.05, 0) is 45.2 Å². The van der Waals surface area contributed by atoms with Gasteiger partial charge < -0.3 is 14.5 Å². The molecule has 1 heterocycles. The van der Waals surface area contributed by atoms with E-state index in [1.165, 1.54) is 25.7 Å². The van der Waals surface area contributed by atoms with Gasteiger partial charge in [-0.2, -0.15) is 0 Å². The Morgan fingerprint density at radius 3 is 2.95 bits per heavy atom. The maximum absolute atomic E-state index is 5.89. The Morgan fingerprint density at radius 1 is 1.53 bits per heavy atom. The molecule has 1 N–H and O–H groups in total. The monoisotopic (exact) mass is 263 g/mol. The van der Waals surface area contributed by atoms with Gasteiger partial charge in [-0.1, -0.05) is 6.42 Å². The molecule has 0 aliphatic heterocycles. The smallest absolute Gasteiger partial charge is 0.105 e. The zero-order chi connectivity index (χ0) is 13.3. The summed E-state index contributed by atoms with van der Waals surface area (Å²) in [6.07, 6.45) is 8.44. The van der Waals surface area contributed by atoms with Crippen molar-refractivity contribution < 1.29 is 9.15 Å². The van der Waals surface area contributed by atoms with Crippen LogP contribution in [0.1, 0.15) is 45.3 Å². The van der Waals surface area contributed by atoms with E-state index < -0.39 is 0 Å². The molecule has 19 heavy (non-hydrogen) atoms. The molecule has 1 aromatic heterocycles. The van der Waals surface area contributed by atoms with Crippen LogP contribution in [0.2, 0.25) is 0 Å². The molecule has 2 fully saturated rings. The molecule has 3 atom stereocenters. The van der Waals surface area contributed by atoms with Crippen molar-refractivity contribution in [2.24, 2.45) is 5.41 Å². The Morgan fingerprint density at radius 2 is 2.37 bits per heavy atom. The van der Waals surface area contributed by atoms with Crippen LogP contribution in [0, 0.1) is 5.41 Å². The molecule has 3 heteroatoms. The van der Waals surface area contributed by atoms with E-state index in [0.29, 0.717) is 23.6 Å². The third kappa shape index (κ3) is 2.34. The predicted molar refractivity (Wildman–Crippen MR) is 75.1 cm³/mol. The van der Waals surface area contributed by atoms with Crippen LogP contribution in [0.3, 0.4) is 0 Å². The van der Waals surface area contributed by atoms with Crippen molar-refractivity contribution in [2.75, 3.05) is 6.61 Å². The van der Waals surface area contributed by atoms with Gasteiger partial charge in [-0.25, -0.2) is 0 Å². The summed E-state index contributed by atoms with van der Waals surface area (Å²) in [6, 6.07) is 5.13. The maximum atomic E-state index is 5.89. The highest BCUT2D eigenvalue weighted by Crippen LogP contribution is 2.57. The molecule has 0 amide bonds. The number of rotatable bonds is 6. The Labute approximate surface area is 115 Å². The van der Waals surface area contributed by atoms with E-state index in [1.54, 1.807) is 6.26 Å². The van der Waals surface area contributed by atoms with E-state index in [-0.39, 0.29) is 0 Å². The minimum absolute atomic E-state index is 0.452. The standard InChI is InChI=1S/C16H25NO2/c1-3-18-15-11-14(16(15)7-5-8-16)17-12(2)10-13-6-4-9-19-13/h4,6,9,12,14-15,17H,3,5,7-8,10-11H2,1-2H3. The normalized spacial score (nSPS) is 29.8. The van der Waals surface area contributed by atoms with Gasteiger partial charge in [0.2, 0.25) is 0 Å². The summed E-state index contributed by atoms with van der Waals surface area (Å²) in [4.78, 5) is 0. The van der Waals surface area contributed by atoms with E-state index >= 15 is 0 Å². The number of hydrogen-bond donors (Lipinski definition) is 1. The highest BCUT2D eigenvalue weighted by molar-refractivity contribution is 5.13. The number of nitrogens with one attached hydrogen (secondary N) is 1. The molecule has 3 nitrogen and oxygen atoms in total. The first-order valence-corrected chi connectivity index (χ1v) is 7.64. The summed E-state index contributed by atoms with van der Waals surface area (Å²) in [5.74, 6) is 1.07. The molecule has 3 unspecified atom stereocenters. The Balaban J connectivity index is 1.53. The first kappa shape index (κ1) is 13.2. The van der Waals surface area contributed by atoms with Crippen LogP contribution in [0.4, 0.5) is 0 Å². The number of furan rings is 1. The van der Waals surface area contributed by atoms with E-state index in [1.807, 2.05) is 6.07 Å². The van der Waals surface area contributed by atoms with Gasteiger partial charge in [-0.15, -0.1) is 0 Å². The molecular weight excluding hydrogens is 238 g/mol. The van der Waals surface area contributed by atoms with E-state index in [2.05, 4.69) is 25.2 Å². The van der Waals surface area contributed by atoms with Crippen molar-refractivity contribution >= 4 is 0 Å². The topological polar surface area (TPSA) is 34.4 Å². The van der Waals surface area contributed by atoms with Crippen molar-refractivity contribution in [2.45, 2.75) is 64.1 Å². The fourth-order valence-electron chi connectivity index (χ4n) is 3.80. The summed E-state index contributed by atoms with van der Waals surface area (Å²) in [7, 11) is 0. The lowest BCUT2D eigenvalue weighted by molar-refractivity contribution is -0.174. The van der Waals surface area contributed by atoms with Crippen LogP contribution in [-0.2, 0) is 11.2 Å². The molecule has 0 radical (unpaired) electrons. The average molecular weight is 263 g/mol. The van der Waals surface area contributed by atoms with Gasteiger partial charge in [0.05, 0.1) is 12.4 Å². The van der Waals surface area contributed by atoms with Crippen molar-refractivity contribution in [3.8, 4) is 0 Å². The molecule has 2 saturated carbocycles. The molecular formula is C16H25NO2. The zero-order valence-electron chi connectivity index (χ0n) is 12.0. The highest BCUT2D eigenvalue weighted by atomic mass is 16.5. The Bertz CT molecular complexity index is 397. The predicted octanol–water partition coefficient (Wildman–Crippen LogP) is 3.15. The van der Waals surface area contributed by atoms with E-state index in [0.717, 1.165) is 18.8 Å². The van der Waals surface area contributed by atoms with Crippen LogP contribution in [0.15, 0.2) is 22.8 Å². The molecule has 0 saturated heterocycles. The van der Waals surface area contributed by atoms with Crippen LogP contribution >= 0.6 is 0 Å². The second-order valence-electron chi connectivity index (χ2n) is 6.17. The van der Waals surface area contributed by atoms with Crippen LogP contribution in [0.25, 0.3) is 0 Å². The summed E-state index contributed by atoms with van der Waals surface area (Å²) in [5, 5.41) is 3.80. The van der Waals surface area contributed by atoms with Crippen LogP contribution in [0.5, 0.6) is 0 Å². The molecule has 1 aromatic rings. The van der Waals surface area contributed by atoms with Crippen molar-refractivity contribution in [1.29, 1.82) is 0 Å². The largest absolute Gasteiger partial charge is 0.469 e. The first-order chi connectivity index (χ1) is 9.24. The zero-order valence-corrected chi connectivity index (χ0v) is 12.0. The van der Waals surface area contributed by atoms with Crippen LogP contribution in [-0.4, -0.2) is 24.8 Å². The molecule has 2 aliphatic rings. The second kappa shape index (κ2) is 5.29. The van der Waals surface area contributed by atoms with Gasteiger partial charge >= 0.3 is 0 Å². The SMILES string of the molecule is CCOC1CC(NC(C)Cc2ccco2)C12CCC2. The number of hydrogen-bond acceptors (Lipinski definition) is 3. The summed E-state index contributed by atoms with van der Waals surface area (Å²) in [5.41, 5.74) is 0.452. The van der Waals surface area contributed by atoms with Gasteiger partial charge in [0.1, 0.15) is 5.76 Å². The van der Waals surface area contributed by atoms with Gasteiger partial charge in [0.25, 0.3) is 0 Å². The van der Waals surface area contributed by atoms with Crippen molar-refractivity contribution in [3.63, 3.8) is 0 Å². The molecule has 2 aliphatic carbocycles. The van der Waals surface area contributed by atoms with Crippen molar-refractivity contribution in [3.05, 3.63) is 24.2 Å². The van der Waals surface area contributed by atoms with Gasteiger partial charge in [0.15, 0.2) is 0 Å². The molecule has 0 aromatic carbocycles. The van der Waals surface area contributed by atoms with Gasteiger partial charge in [-0.3, -0.25) is 0 Å². The first-order valence-electron chi connectivity index (χ1n) is 7.64. The summed E-state index contributed by atoms with van der Waals surface area (Å²) < 4.78 is 11.3. The van der Waals surface area contributed by atoms with E-state index in [9.17, 15) is 0 Å².